The van der Waals surface area contributed by atoms with E-state index in [1.165, 1.54) is 0 Å². The number of carbonyl (C=O) groups is 1. The van der Waals surface area contributed by atoms with Crippen LogP contribution in [0, 0.1) is 0 Å². The molecule has 0 bridgehead atoms. The minimum Gasteiger partial charge on any atom is -0.390 e. The van der Waals surface area contributed by atoms with Gasteiger partial charge in [-0.2, -0.15) is 0 Å². The van der Waals surface area contributed by atoms with Crippen LogP contribution in [0.25, 0.3) is 0 Å². The molecule has 0 saturated heterocycles. The van der Waals surface area contributed by atoms with Crippen molar-refractivity contribution in [2.45, 2.75) is 12.5 Å². The Bertz CT molecular complexity index is 424. The number of nitrogens with two attached hydrogens (primary N) is 2. The predicted molar refractivity (Wildman–Crippen MR) is 63.1 cm³/mol. The fraction of sp³-hybridized carbons (Fsp3) is 0.300. The Balaban J connectivity index is 2.57. The van der Waals surface area contributed by atoms with Gasteiger partial charge in [-0.05, 0) is 12.0 Å². The Morgan fingerprint density at radius 2 is 2.00 bits per heavy atom. The lowest BCUT2D eigenvalue weighted by atomic mass is 10.1. The van der Waals surface area contributed by atoms with Crippen molar-refractivity contribution in [2.24, 2.45) is 11.5 Å². The molecule has 1 rings (SSSR count). The molecule has 0 fully saturated rings. The highest BCUT2D eigenvalue weighted by Gasteiger charge is 2.26. The number of benzene rings is 1. The molecule has 1 aromatic carbocycles. The van der Waals surface area contributed by atoms with Gasteiger partial charge in [0.25, 0.3) is 0 Å². The third-order valence-corrected chi connectivity index (χ3v) is 2.99. The zero-order valence-electron chi connectivity index (χ0n) is 9.15. The highest BCUT2D eigenvalue weighted by Crippen LogP contribution is 2.39. The van der Waals surface area contributed by atoms with E-state index >= 15 is 0 Å². The molecule has 5 N–H and O–H groups in total. The lowest BCUT2D eigenvalue weighted by Crippen LogP contribution is -2.34. The number of carbonyl (C=O) groups excluding carboxylic acids is 1. The summed E-state index contributed by atoms with van der Waals surface area (Å²) in [5.41, 5.74) is 11.4. The van der Waals surface area contributed by atoms with Gasteiger partial charge in [0, 0.05) is 0 Å². The Morgan fingerprint density at radius 1 is 1.41 bits per heavy atom. The Labute approximate surface area is 99.1 Å². The first-order valence-corrected chi connectivity index (χ1v) is 6.76. The average molecular weight is 258 g/mol. The summed E-state index contributed by atoms with van der Waals surface area (Å²) in [6.45, 7) is 0. The van der Waals surface area contributed by atoms with E-state index < -0.39 is 25.9 Å². The van der Waals surface area contributed by atoms with E-state index in [0.717, 1.165) is 5.56 Å². The first-order chi connectivity index (χ1) is 7.94. The van der Waals surface area contributed by atoms with Crippen molar-refractivity contribution < 1.29 is 18.8 Å². The van der Waals surface area contributed by atoms with Gasteiger partial charge in [0.1, 0.15) is 12.3 Å². The molecular formula is C10H15N2O4P. The smallest absolute Gasteiger partial charge is 0.390 e. The van der Waals surface area contributed by atoms with Crippen molar-refractivity contribution in [2.75, 3.05) is 6.29 Å². The molecule has 94 valence electrons. The second-order valence-corrected chi connectivity index (χ2v) is 5.35. The second-order valence-electron chi connectivity index (χ2n) is 3.53. The first-order valence-electron chi connectivity index (χ1n) is 4.99. The molecule has 1 aromatic rings. The van der Waals surface area contributed by atoms with Crippen LogP contribution in [0.5, 0.6) is 0 Å². The van der Waals surface area contributed by atoms with Gasteiger partial charge >= 0.3 is 13.6 Å². The molecule has 1 unspecified atom stereocenters. The molecule has 0 amide bonds. The van der Waals surface area contributed by atoms with Crippen LogP contribution >= 0.6 is 7.60 Å². The van der Waals surface area contributed by atoms with Crippen LogP contribution in [-0.4, -0.2) is 23.2 Å². The van der Waals surface area contributed by atoms with E-state index in [2.05, 4.69) is 4.52 Å². The molecular weight excluding hydrogens is 243 g/mol. The largest absolute Gasteiger partial charge is 0.392 e. The predicted octanol–water partition coefficient (Wildman–Crippen LogP) is 0.201. The highest BCUT2D eigenvalue weighted by molar-refractivity contribution is 7.53. The quantitative estimate of drug-likeness (QED) is 0.650. The van der Waals surface area contributed by atoms with Crippen LogP contribution < -0.4 is 11.5 Å². The number of rotatable bonds is 5. The minimum absolute atomic E-state index is 0.240. The topological polar surface area (TPSA) is 116 Å². The molecule has 0 aliphatic heterocycles. The van der Waals surface area contributed by atoms with E-state index in [1.54, 1.807) is 12.1 Å². The van der Waals surface area contributed by atoms with E-state index in [9.17, 15) is 9.36 Å². The van der Waals surface area contributed by atoms with Crippen molar-refractivity contribution in [3.8, 4) is 0 Å². The fourth-order valence-electron chi connectivity index (χ4n) is 1.20. The summed E-state index contributed by atoms with van der Waals surface area (Å²) in [5.74, 6) is -0.926. The van der Waals surface area contributed by atoms with Crippen LogP contribution in [0.4, 0.5) is 0 Å². The molecule has 0 aliphatic carbocycles. The highest BCUT2D eigenvalue weighted by atomic mass is 31.2. The maximum absolute atomic E-state index is 11.4. The minimum atomic E-state index is -4.04. The van der Waals surface area contributed by atoms with Crippen molar-refractivity contribution in [1.82, 2.24) is 0 Å². The van der Waals surface area contributed by atoms with E-state index in [0.29, 0.717) is 0 Å². The lowest BCUT2D eigenvalue weighted by molar-refractivity contribution is -0.136. The normalized spacial score (nSPS) is 15.9. The maximum atomic E-state index is 11.4. The van der Waals surface area contributed by atoms with Crippen molar-refractivity contribution >= 4 is 13.6 Å². The van der Waals surface area contributed by atoms with Crippen LogP contribution in [0.2, 0.25) is 0 Å². The van der Waals surface area contributed by atoms with Gasteiger partial charge < -0.3 is 20.9 Å². The fourth-order valence-corrected chi connectivity index (χ4v) is 1.69. The maximum Gasteiger partial charge on any atom is 0.392 e. The third-order valence-electron chi connectivity index (χ3n) is 2.06. The summed E-state index contributed by atoms with van der Waals surface area (Å²) < 4.78 is 15.4. The molecule has 6 nitrogen and oxygen atoms in total. The summed E-state index contributed by atoms with van der Waals surface area (Å²) in [6.07, 6.45) is -0.374. The molecule has 0 radical (unpaired) electrons. The van der Waals surface area contributed by atoms with Crippen LogP contribution in [0.1, 0.15) is 5.56 Å². The number of hydrogen-bond donors (Lipinski definition) is 3. The molecule has 0 aliphatic rings. The molecule has 7 heteroatoms. The SMILES string of the molecule is NCP(=O)(O)OC(=O)[C@@H](N)Cc1ccccc1. The Morgan fingerprint density at radius 3 is 2.53 bits per heavy atom. The van der Waals surface area contributed by atoms with Gasteiger partial charge in [0.05, 0.1) is 0 Å². The van der Waals surface area contributed by atoms with Gasteiger partial charge in [-0.3, -0.25) is 4.79 Å². The van der Waals surface area contributed by atoms with E-state index in [-0.39, 0.29) is 6.42 Å². The van der Waals surface area contributed by atoms with Crippen molar-refractivity contribution in [3.63, 3.8) is 0 Å². The lowest BCUT2D eigenvalue weighted by Gasteiger charge is -2.14. The Kier molecular flexibility index (Phi) is 4.84. The monoisotopic (exact) mass is 258 g/mol. The number of hydrogen-bond acceptors (Lipinski definition) is 5. The van der Waals surface area contributed by atoms with Crippen LogP contribution in [0.3, 0.4) is 0 Å². The van der Waals surface area contributed by atoms with Gasteiger partial charge in [-0.15, -0.1) is 0 Å². The van der Waals surface area contributed by atoms with Crippen LogP contribution in [0.15, 0.2) is 30.3 Å². The summed E-state index contributed by atoms with van der Waals surface area (Å²) in [6, 6.07) is 8.07. The summed E-state index contributed by atoms with van der Waals surface area (Å²) in [5, 5.41) is 0. The molecule has 17 heavy (non-hydrogen) atoms. The van der Waals surface area contributed by atoms with E-state index in [4.69, 9.17) is 16.4 Å². The van der Waals surface area contributed by atoms with Crippen LogP contribution in [-0.2, 0) is 20.3 Å². The first kappa shape index (κ1) is 13.9. The summed E-state index contributed by atoms with van der Waals surface area (Å²) in [4.78, 5) is 20.4. The standard InChI is InChI=1S/C10H15N2O4P/c11-7-17(14,15)16-10(13)9(12)6-8-4-2-1-3-5-8/h1-5,9H,6-7,11-12H2,(H,14,15)/t9-/m0/s1. The third kappa shape index (κ3) is 4.66. The van der Waals surface area contributed by atoms with Crippen molar-refractivity contribution in [1.29, 1.82) is 0 Å². The van der Waals surface area contributed by atoms with E-state index in [1.807, 2.05) is 18.2 Å². The zero-order valence-corrected chi connectivity index (χ0v) is 10.0. The van der Waals surface area contributed by atoms with Gasteiger partial charge in [-0.1, -0.05) is 30.3 Å². The summed E-state index contributed by atoms with van der Waals surface area (Å²) >= 11 is 0. The summed E-state index contributed by atoms with van der Waals surface area (Å²) in [7, 11) is -4.04. The Hall–Kier alpha value is -1.20. The second kappa shape index (κ2) is 5.93. The van der Waals surface area contributed by atoms with Gasteiger partial charge in [-0.25, -0.2) is 4.57 Å². The van der Waals surface area contributed by atoms with Gasteiger partial charge in [0.2, 0.25) is 0 Å². The van der Waals surface area contributed by atoms with Gasteiger partial charge in [0.15, 0.2) is 0 Å². The van der Waals surface area contributed by atoms with Crippen molar-refractivity contribution in [3.05, 3.63) is 35.9 Å². The molecule has 0 heterocycles. The molecule has 0 spiro atoms. The molecule has 0 aromatic heterocycles. The molecule has 0 saturated carbocycles. The average Bonchev–Trinajstić information content (AvgIpc) is 2.30. The zero-order chi connectivity index (χ0) is 12.9. The molecule has 2 atom stereocenters.